The number of hydrogen-bond donors (Lipinski definition) is 1. The van der Waals surface area contributed by atoms with Crippen LogP contribution in [-0.2, 0) is 11.2 Å². The molecule has 1 aromatic carbocycles. The molecule has 72 valence electrons. The molecule has 14 heavy (non-hydrogen) atoms. The number of hydrogen-bond acceptors (Lipinski definition) is 1. The normalized spacial score (nSPS) is 33.0. The zero-order valence-electron chi connectivity index (χ0n) is 7.81. The highest BCUT2D eigenvalue weighted by atomic mass is 16.4. The summed E-state index contributed by atoms with van der Waals surface area (Å²) in [6.45, 7) is 0. The Kier molecular flexibility index (Phi) is 1.49. The Hall–Kier alpha value is -1.31. The van der Waals surface area contributed by atoms with E-state index < -0.39 is 5.97 Å². The number of fused-ring (bicyclic) bond motifs is 3. The van der Waals surface area contributed by atoms with E-state index in [4.69, 9.17) is 5.11 Å². The first kappa shape index (κ1) is 8.04. The van der Waals surface area contributed by atoms with Crippen LogP contribution < -0.4 is 0 Å². The average molecular weight is 188 g/mol. The van der Waals surface area contributed by atoms with Gasteiger partial charge in [-0.25, -0.2) is 0 Å². The average Bonchev–Trinajstić information content (AvgIpc) is 2.92. The third-order valence-corrected chi connectivity index (χ3v) is 3.61. The quantitative estimate of drug-likeness (QED) is 0.732. The van der Waals surface area contributed by atoms with E-state index in [1.165, 1.54) is 11.1 Å². The third kappa shape index (κ3) is 0.939. The first-order valence-corrected chi connectivity index (χ1v) is 5.09. The highest BCUT2D eigenvalue weighted by Crippen LogP contribution is 2.59. The Morgan fingerprint density at radius 1 is 1.36 bits per heavy atom. The fourth-order valence-electron chi connectivity index (χ4n) is 2.90. The van der Waals surface area contributed by atoms with Crippen LogP contribution in [0.2, 0.25) is 0 Å². The predicted molar refractivity (Wildman–Crippen MR) is 52.1 cm³/mol. The maximum Gasteiger partial charge on any atom is 0.307 e. The molecule has 0 aromatic heterocycles. The van der Waals surface area contributed by atoms with E-state index in [1.807, 2.05) is 12.1 Å². The number of rotatable bonds is 1. The van der Waals surface area contributed by atoms with E-state index in [1.54, 1.807) is 0 Å². The third-order valence-electron chi connectivity index (χ3n) is 3.61. The summed E-state index contributed by atoms with van der Waals surface area (Å²) in [6.07, 6.45) is 2.11. The van der Waals surface area contributed by atoms with E-state index in [2.05, 4.69) is 12.1 Å². The SMILES string of the molecule is O=C(O)C1[C@H]2CCc3ccccc3[C@@H]12. The minimum Gasteiger partial charge on any atom is -0.481 e. The second-order valence-electron chi connectivity index (χ2n) is 4.29. The molecule has 1 fully saturated rings. The summed E-state index contributed by atoms with van der Waals surface area (Å²) in [5, 5.41) is 9.01. The highest BCUT2D eigenvalue weighted by Gasteiger charge is 2.57. The van der Waals surface area contributed by atoms with Crippen molar-refractivity contribution in [1.29, 1.82) is 0 Å². The largest absolute Gasteiger partial charge is 0.481 e. The molecule has 0 spiro atoms. The molecule has 0 heterocycles. The number of aliphatic carboxylic acids is 1. The number of carboxylic acids is 1. The Labute approximate surface area is 82.6 Å². The second-order valence-corrected chi connectivity index (χ2v) is 4.29. The van der Waals surface area contributed by atoms with Crippen molar-refractivity contribution in [3.05, 3.63) is 35.4 Å². The van der Waals surface area contributed by atoms with Crippen LogP contribution >= 0.6 is 0 Å². The molecule has 1 N–H and O–H groups in total. The summed E-state index contributed by atoms with van der Waals surface area (Å²) in [4.78, 5) is 10.9. The molecule has 2 aliphatic carbocycles. The van der Waals surface area contributed by atoms with Gasteiger partial charge in [-0.3, -0.25) is 4.79 Å². The van der Waals surface area contributed by atoms with Gasteiger partial charge in [0.2, 0.25) is 0 Å². The van der Waals surface area contributed by atoms with E-state index in [0.717, 1.165) is 12.8 Å². The van der Waals surface area contributed by atoms with Gasteiger partial charge in [0.1, 0.15) is 0 Å². The molecule has 2 nitrogen and oxygen atoms in total. The maximum atomic E-state index is 10.9. The number of carboxylic acid groups (broad SMARTS) is 1. The van der Waals surface area contributed by atoms with Crippen LogP contribution in [0.1, 0.15) is 23.5 Å². The minimum absolute atomic E-state index is 0.0985. The number of benzene rings is 1. The molecule has 1 saturated carbocycles. The Morgan fingerprint density at radius 3 is 2.93 bits per heavy atom. The Bertz CT molecular complexity index is 397. The minimum atomic E-state index is -0.614. The van der Waals surface area contributed by atoms with Crippen LogP contribution in [0.25, 0.3) is 0 Å². The Morgan fingerprint density at radius 2 is 2.14 bits per heavy atom. The summed E-state index contributed by atoms with van der Waals surface area (Å²) in [5.74, 6) is 0.0233. The van der Waals surface area contributed by atoms with Crippen molar-refractivity contribution in [3.8, 4) is 0 Å². The van der Waals surface area contributed by atoms with Crippen molar-refractivity contribution in [3.63, 3.8) is 0 Å². The van der Waals surface area contributed by atoms with Crippen molar-refractivity contribution < 1.29 is 9.90 Å². The molecule has 1 unspecified atom stereocenters. The molecular formula is C12H12O2. The topological polar surface area (TPSA) is 37.3 Å². The van der Waals surface area contributed by atoms with Gasteiger partial charge in [0.15, 0.2) is 0 Å². The van der Waals surface area contributed by atoms with E-state index in [9.17, 15) is 4.79 Å². The highest BCUT2D eigenvalue weighted by molar-refractivity contribution is 5.76. The fourth-order valence-corrected chi connectivity index (χ4v) is 2.90. The van der Waals surface area contributed by atoms with Gasteiger partial charge >= 0.3 is 5.97 Å². The zero-order chi connectivity index (χ0) is 9.71. The molecule has 0 bridgehead atoms. The van der Waals surface area contributed by atoms with Crippen molar-refractivity contribution in [2.24, 2.45) is 11.8 Å². The number of aryl methyl sites for hydroxylation is 1. The lowest BCUT2D eigenvalue weighted by atomic mass is 9.92. The zero-order valence-corrected chi connectivity index (χ0v) is 7.81. The van der Waals surface area contributed by atoms with Gasteiger partial charge in [-0.1, -0.05) is 24.3 Å². The van der Waals surface area contributed by atoms with Crippen molar-refractivity contribution >= 4 is 5.97 Å². The van der Waals surface area contributed by atoms with Crippen LogP contribution in [0.4, 0.5) is 0 Å². The molecule has 0 radical (unpaired) electrons. The Balaban J connectivity index is 2.00. The summed E-state index contributed by atoms with van der Waals surface area (Å²) >= 11 is 0. The smallest absolute Gasteiger partial charge is 0.307 e. The van der Waals surface area contributed by atoms with Crippen LogP contribution in [0.5, 0.6) is 0 Å². The van der Waals surface area contributed by atoms with Gasteiger partial charge < -0.3 is 5.11 Å². The van der Waals surface area contributed by atoms with Crippen LogP contribution in [0, 0.1) is 11.8 Å². The van der Waals surface area contributed by atoms with Gasteiger partial charge in [-0.2, -0.15) is 0 Å². The van der Waals surface area contributed by atoms with Crippen LogP contribution in [-0.4, -0.2) is 11.1 Å². The lowest BCUT2D eigenvalue weighted by Crippen LogP contribution is -2.00. The predicted octanol–water partition coefficient (Wildman–Crippen LogP) is 2.05. The van der Waals surface area contributed by atoms with E-state index >= 15 is 0 Å². The number of carbonyl (C=O) groups is 1. The molecule has 0 aliphatic heterocycles. The van der Waals surface area contributed by atoms with Crippen LogP contribution in [0.3, 0.4) is 0 Å². The van der Waals surface area contributed by atoms with E-state index in [0.29, 0.717) is 11.8 Å². The molecule has 0 amide bonds. The molecule has 2 aliphatic rings. The van der Waals surface area contributed by atoms with Crippen molar-refractivity contribution in [1.82, 2.24) is 0 Å². The molecular weight excluding hydrogens is 176 g/mol. The molecule has 2 heteroatoms. The lowest BCUT2D eigenvalue weighted by Gasteiger charge is -2.13. The van der Waals surface area contributed by atoms with Gasteiger partial charge in [-0.15, -0.1) is 0 Å². The van der Waals surface area contributed by atoms with Gasteiger partial charge in [0.25, 0.3) is 0 Å². The maximum absolute atomic E-state index is 10.9. The summed E-state index contributed by atoms with van der Waals surface area (Å²) < 4.78 is 0. The van der Waals surface area contributed by atoms with Gasteiger partial charge in [0, 0.05) is 5.92 Å². The van der Waals surface area contributed by atoms with Gasteiger partial charge in [-0.05, 0) is 29.9 Å². The van der Waals surface area contributed by atoms with Crippen LogP contribution in [0.15, 0.2) is 24.3 Å². The molecule has 3 atom stereocenters. The monoisotopic (exact) mass is 188 g/mol. The lowest BCUT2D eigenvalue weighted by molar-refractivity contribution is -0.138. The molecule has 3 rings (SSSR count). The van der Waals surface area contributed by atoms with Gasteiger partial charge in [0.05, 0.1) is 5.92 Å². The first-order valence-electron chi connectivity index (χ1n) is 5.09. The molecule has 0 saturated heterocycles. The first-order chi connectivity index (χ1) is 6.79. The summed E-state index contributed by atoms with van der Waals surface area (Å²) in [5.41, 5.74) is 2.65. The van der Waals surface area contributed by atoms with E-state index in [-0.39, 0.29) is 5.92 Å². The van der Waals surface area contributed by atoms with Crippen molar-refractivity contribution in [2.45, 2.75) is 18.8 Å². The van der Waals surface area contributed by atoms with Crippen molar-refractivity contribution in [2.75, 3.05) is 0 Å². The summed E-state index contributed by atoms with van der Waals surface area (Å²) in [7, 11) is 0. The molecule has 1 aromatic rings. The standard InChI is InChI=1S/C12H12O2/c13-12(14)11-9-6-5-7-3-1-2-4-8(7)10(9)11/h1-4,9-11H,5-6H2,(H,13,14)/t9-,10+,11?/m0/s1. The second kappa shape index (κ2) is 2.59. The summed E-state index contributed by atoms with van der Waals surface area (Å²) in [6, 6.07) is 8.27. The fraction of sp³-hybridized carbons (Fsp3) is 0.417.